The van der Waals surface area contributed by atoms with Gasteiger partial charge in [0.2, 0.25) is 0 Å². The van der Waals surface area contributed by atoms with Gasteiger partial charge in [0.1, 0.15) is 0 Å². The van der Waals surface area contributed by atoms with E-state index in [-0.39, 0.29) is 0 Å². The number of piperidine rings is 1. The summed E-state index contributed by atoms with van der Waals surface area (Å²) in [5.41, 5.74) is 0.654. The third-order valence-corrected chi connectivity index (χ3v) is 4.91. The zero-order valence-electron chi connectivity index (χ0n) is 9.07. The van der Waals surface area contributed by atoms with Crippen LogP contribution in [0.15, 0.2) is 0 Å². The first-order valence-corrected chi connectivity index (χ1v) is 7.28. The molecule has 1 spiro atoms. The average molecular weight is 232 g/mol. The molecule has 0 unspecified atom stereocenters. The lowest BCUT2D eigenvalue weighted by Gasteiger charge is -2.53. The summed E-state index contributed by atoms with van der Waals surface area (Å²) < 4.78 is 2.36. The van der Waals surface area contributed by atoms with Crippen molar-refractivity contribution in [1.29, 1.82) is 0 Å². The molecule has 82 valence electrons. The molecule has 2 heterocycles. The maximum absolute atomic E-state index is 4.23. The molecule has 14 heavy (non-hydrogen) atoms. The van der Waals surface area contributed by atoms with E-state index in [0.29, 0.717) is 5.41 Å². The summed E-state index contributed by atoms with van der Waals surface area (Å²) in [7, 11) is 1.60. The Bertz CT molecular complexity index is 192. The second-order valence-electron chi connectivity index (χ2n) is 5.01. The molecule has 0 aliphatic carbocycles. The highest BCUT2D eigenvalue weighted by Crippen LogP contribution is 2.44. The predicted octanol–water partition coefficient (Wildman–Crippen LogP) is 2.29. The van der Waals surface area contributed by atoms with Crippen molar-refractivity contribution >= 4 is 22.6 Å². The minimum atomic E-state index is 0.654. The molecular weight excluding hydrogens is 212 g/mol. The van der Waals surface area contributed by atoms with Crippen LogP contribution in [0.1, 0.15) is 26.7 Å². The van der Waals surface area contributed by atoms with E-state index >= 15 is 0 Å². The van der Waals surface area contributed by atoms with Crippen LogP contribution in [-0.4, -0.2) is 41.4 Å². The van der Waals surface area contributed by atoms with Gasteiger partial charge in [0.15, 0.2) is 0 Å². The maximum Gasteiger partial charge on any atom is 0.0168 e. The first kappa shape index (κ1) is 11.1. The molecule has 4 heteroatoms. The number of nitrogens with zero attached hydrogens (tertiary/aromatic N) is 2. The lowest BCUT2D eigenvalue weighted by molar-refractivity contribution is -0.00139. The van der Waals surface area contributed by atoms with Crippen molar-refractivity contribution in [2.75, 3.05) is 26.2 Å². The van der Waals surface area contributed by atoms with E-state index < -0.39 is 0 Å². The van der Waals surface area contributed by atoms with E-state index in [9.17, 15) is 0 Å². The van der Waals surface area contributed by atoms with Crippen LogP contribution >= 0.6 is 22.6 Å². The molecule has 2 saturated heterocycles. The van der Waals surface area contributed by atoms with Crippen LogP contribution in [0, 0.1) is 5.41 Å². The molecule has 2 aliphatic heterocycles. The minimum Gasteiger partial charge on any atom is -0.301 e. The standard InChI is InChI=1S/C10H20N2S2/c1-9(2)11-5-3-10(4-6-11)7-12(8-10)14-13/h9,13H,3-8H2,1-2H3. The van der Waals surface area contributed by atoms with E-state index in [1.54, 1.807) is 11.0 Å². The van der Waals surface area contributed by atoms with Crippen LogP contribution in [0.25, 0.3) is 0 Å². The van der Waals surface area contributed by atoms with Gasteiger partial charge >= 0.3 is 0 Å². The van der Waals surface area contributed by atoms with Crippen molar-refractivity contribution in [3.8, 4) is 0 Å². The molecule has 0 radical (unpaired) electrons. The molecular formula is C10H20N2S2. The van der Waals surface area contributed by atoms with E-state index in [0.717, 1.165) is 6.04 Å². The van der Waals surface area contributed by atoms with Crippen LogP contribution in [0.3, 0.4) is 0 Å². The summed E-state index contributed by atoms with van der Waals surface area (Å²) in [6, 6.07) is 0.725. The monoisotopic (exact) mass is 232 g/mol. The zero-order chi connectivity index (χ0) is 10.2. The quantitative estimate of drug-likeness (QED) is 0.444. The molecule has 0 bridgehead atoms. The van der Waals surface area contributed by atoms with Gasteiger partial charge < -0.3 is 4.90 Å². The minimum absolute atomic E-state index is 0.654. The van der Waals surface area contributed by atoms with E-state index in [4.69, 9.17) is 0 Å². The largest absolute Gasteiger partial charge is 0.301 e. The fraction of sp³-hybridized carbons (Fsp3) is 1.00. The first-order valence-electron chi connectivity index (χ1n) is 5.46. The molecule has 0 aromatic rings. The lowest BCUT2D eigenvalue weighted by atomic mass is 9.73. The van der Waals surface area contributed by atoms with Crippen molar-refractivity contribution in [3.05, 3.63) is 0 Å². The summed E-state index contributed by atoms with van der Waals surface area (Å²) in [6.07, 6.45) is 2.77. The van der Waals surface area contributed by atoms with Crippen molar-refractivity contribution in [2.24, 2.45) is 5.41 Å². The molecule has 2 rings (SSSR count). The van der Waals surface area contributed by atoms with E-state index in [1.165, 1.54) is 39.0 Å². The third-order valence-electron chi connectivity index (χ3n) is 3.73. The van der Waals surface area contributed by atoms with Gasteiger partial charge in [-0.3, -0.25) is 0 Å². The van der Waals surface area contributed by atoms with Crippen molar-refractivity contribution in [2.45, 2.75) is 32.7 Å². The molecule has 0 N–H and O–H groups in total. The van der Waals surface area contributed by atoms with Gasteiger partial charge in [-0.2, -0.15) is 0 Å². The lowest BCUT2D eigenvalue weighted by Crippen LogP contribution is -2.58. The van der Waals surface area contributed by atoms with Crippen molar-refractivity contribution in [3.63, 3.8) is 0 Å². The molecule has 0 amide bonds. The molecule has 0 saturated carbocycles. The second kappa shape index (κ2) is 4.24. The zero-order valence-corrected chi connectivity index (χ0v) is 10.8. The topological polar surface area (TPSA) is 6.48 Å². The van der Waals surface area contributed by atoms with Crippen LogP contribution in [0.4, 0.5) is 0 Å². The highest BCUT2D eigenvalue weighted by Gasteiger charge is 2.44. The third kappa shape index (κ3) is 2.08. The summed E-state index contributed by atoms with van der Waals surface area (Å²) in [4.78, 5) is 2.60. The fourth-order valence-electron chi connectivity index (χ4n) is 2.59. The van der Waals surface area contributed by atoms with E-state index in [2.05, 4.69) is 34.7 Å². The number of hydrogen-bond donors (Lipinski definition) is 1. The Balaban J connectivity index is 1.80. The Morgan fingerprint density at radius 1 is 1.21 bits per heavy atom. The Morgan fingerprint density at radius 2 is 1.79 bits per heavy atom. The number of rotatable bonds is 2. The molecule has 2 aliphatic rings. The van der Waals surface area contributed by atoms with Gasteiger partial charge in [0.05, 0.1) is 0 Å². The van der Waals surface area contributed by atoms with Gasteiger partial charge in [-0.05, 0) is 50.8 Å². The highest BCUT2D eigenvalue weighted by atomic mass is 33.1. The molecule has 0 aromatic heterocycles. The van der Waals surface area contributed by atoms with Crippen LogP contribution in [0.5, 0.6) is 0 Å². The SMILES string of the molecule is CC(C)N1CCC2(CC1)CN(SS)C2. The Morgan fingerprint density at radius 3 is 2.21 bits per heavy atom. The molecule has 2 nitrogen and oxygen atoms in total. The highest BCUT2D eigenvalue weighted by molar-refractivity contribution is 8.67. The average Bonchev–Trinajstić information content (AvgIpc) is 2.14. The van der Waals surface area contributed by atoms with Crippen molar-refractivity contribution < 1.29 is 0 Å². The van der Waals surface area contributed by atoms with Gasteiger partial charge in [0.25, 0.3) is 0 Å². The Hall–Kier alpha value is 0.620. The van der Waals surface area contributed by atoms with E-state index in [1.807, 2.05) is 0 Å². The van der Waals surface area contributed by atoms with Gasteiger partial charge in [-0.1, -0.05) is 11.7 Å². The number of thiol groups is 1. The smallest absolute Gasteiger partial charge is 0.0168 e. The molecule has 0 aromatic carbocycles. The van der Waals surface area contributed by atoms with Crippen LogP contribution in [-0.2, 0) is 0 Å². The Labute approximate surface area is 96.3 Å². The molecule has 2 fully saturated rings. The summed E-state index contributed by atoms with van der Waals surface area (Å²) in [5, 5.41) is 0. The fourth-order valence-corrected chi connectivity index (χ4v) is 3.60. The molecule has 0 atom stereocenters. The summed E-state index contributed by atoms with van der Waals surface area (Å²) in [6.45, 7) is 9.70. The van der Waals surface area contributed by atoms with Crippen LogP contribution < -0.4 is 0 Å². The van der Waals surface area contributed by atoms with Gasteiger partial charge in [0, 0.05) is 24.5 Å². The maximum atomic E-state index is 4.23. The normalized spacial score (nSPS) is 28.3. The van der Waals surface area contributed by atoms with Crippen LogP contribution in [0.2, 0.25) is 0 Å². The Kier molecular flexibility index (Phi) is 3.37. The van der Waals surface area contributed by atoms with Crippen molar-refractivity contribution in [1.82, 2.24) is 9.21 Å². The van der Waals surface area contributed by atoms with Gasteiger partial charge in [-0.15, -0.1) is 0 Å². The number of likely N-dealkylation sites (tertiary alicyclic amines) is 1. The first-order chi connectivity index (χ1) is 6.65. The summed E-state index contributed by atoms with van der Waals surface area (Å²) in [5.74, 6) is 0. The van der Waals surface area contributed by atoms with Gasteiger partial charge in [-0.25, -0.2) is 4.31 Å². The second-order valence-corrected chi connectivity index (χ2v) is 6.18. The number of hydrogen-bond acceptors (Lipinski definition) is 4. The predicted molar refractivity (Wildman–Crippen MR) is 66.5 cm³/mol. The summed E-state index contributed by atoms with van der Waals surface area (Å²) >= 11 is 4.23.